The summed E-state index contributed by atoms with van der Waals surface area (Å²) < 4.78 is 19.3. The molecule has 128 valence electrons. The molecule has 1 aromatic rings. The summed E-state index contributed by atoms with van der Waals surface area (Å²) >= 11 is 0. The van der Waals surface area contributed by atoms with Crippen molar-refractivity contribution in [3.05, 3.63) is 33.2 Å². The van der Waals surface area contributed by atoms with Crippen LogP contribution in [-0.4, -0.2) is 52.0 Å². The average molecular weight is 332 g/mol. The second kappa shape index (κ2) is 8.41. The van der Waals surface area contributed by atoms with E-state index < -0.39 is 37.0 Å². The Morgan fingerprint density at radius 2 is 2.39 bits per heavy atom. The molecule has 0 spiro atoms. The van der Waals surface area contributed by atoms with Gasteiger partial charge in [-0.1, -0.05) is 5.11 Å². The number of rotatable bonds is 9. The molecule has 0 bridgehead atoms. The van der Waals surface area contributed by atoms with Crippen molar-refractivity contribution in [2.75, 3.05) is 25.9 Å². The van der Waals surface area contributed by atoms with Crippen LogP contribution in [0.4, 0.5) is 10.2 Å². The van der Waals surface area contributed by atoms with E-state index in [4.69, 9.17) is 10.3 Å². The van der Waals surface area contributed by atoms with Crippen LogP contribution in [0.25, 0.3) is 10.4 Å². The zero-order chi connectivity index (χ0) is 17.5. The lowest BCUT2D eigenvalue weighted by atomic mass is 10.1. The Morgan fingerprint density at radius 1 is 1.70 bits per heavy atom. The molecule has 0 unspecified atom stereocenters. The summed E-state index contributed by atoms with van der Waals surface area (Å²) in [7, 11) is 1.32. The first-order valence-corrected chi connectivity index (χ1v) is 6.41. The second-order valence-electron chi connectivity index (χ2n) is 4.40. The number of aliphatic hydroxyl groups is 2. The number of hydrogen-bond acceptors (Lipinski definition) is 8. The molecule has 0 fully saturated rings. The van der Waals surface area contributed by atoms with Crippen molar-refractivity contribution in [3.63, 3.8) is 0 Å². The molecule has 0 saturated carbocycles. The van der Waals surface area contributed by atoms with E-state index in [-0.39, 0.29) is 5.82 Å². The number of azide groups is 1. The maximum atomic E-state index is 13.3. The van der Waals surface area contributed by atoms with Gasteiger partial charge in [-0.15, -0.1) is 0 Å². The smallest absolute Gasteiger partial charge is 0.351 e. The molecule has 3 N–H and O–H groups in total. The zero-order valence-corrected chi connectivity index (χ0v) is 12.5. The topological polar surface area (TPSA) is 155 Å². The van der Waals surface area contributed by atoms with Gasteiger partial charge in [0.1, 0.15) is 6.67 Å². The summed E-state index contributed by atoms with van der Waals surface area (Å²) in [4.78, 5) is 22.5. The van der Waals surface area contributed by atoms with Gasteiger partial charge in [-0.2, -0.15) is 4.98 Å². The second-order valence-corrected chi connectivity index (χ2v) is 4.40. The third kappa shape index (κ3) is 4.37. The van der Waals surface area contributed by atoms with Crippen LogP contribution >= 0.6 is 0 Å². The number of ether oxygens (including phenoxy) is 1. The van der Waals surface area contributed by atoms with Crippen molar-refractivity contribution >= 4 is 5.82 Å². The van der Waals surface area contributed by atoms with Crippen LogP contribution in [0.2, 0.25) is 0 Å². The fourth-order valence-corrected chi connectivity index (χ4v) is 1.67. The monoisotopic (exact) mass is 332 g/mol. The SMILES string of the molecule is CONc1ccn([C@@H](CF)O[C@@](CO)(N=[N+]=[N-])[C@@H](C)O)c(=O)n1. The highest BCUT2D eigenvalue weighted by Crippen LogP contribution is 2.25. The Labute approximate surface area is 129 Å². The zero-order valence-electron chi connectivity index (χ0n) is 12.5. The van der Waals surface area contributed by atoms with Gasteiger partial charge in [0.05, 0.1) is 19.8 Å². The highest BCUT2D eigenvalue weighted by atomic mass is 19.1. The van der Waals surface area contributed by atoms with Crippen LogP contribution in [0.3, 0.4) is 0 Å². The van der Waals surface area contributed by atoms with Gasteiger partial charge in [0, 0.05) is 11.1 Å². The molecule has 12 heteroatoms. The van der Waals surface area contributed by atoms with Gasteiger partial charge >= 0.3 is 5.69 Å². The van der Waals surface area contributed by atoms with Crippen LogP contribution in [-0.2, 0) is 9.57 Å². The van der Waals surface area contributed by atoms with Crippen LogP contribution in [0.15, 0.2) is 22.2 Å². The predicted molar refractivity (Wildman–Crippen MR) is 75.9 cm³/mol. The molecule has 1 aromatic heterocycles. The summed E-state index contributed by atoms with van der Waals surface area (Å²) in [5, 5.41) is 22.2. The lowest BCUT2D eigenvalue weighted by Crippen LogP contribution is -2.48. The summed E-state index contributed by atoms with van der Waals surface area (Å²) in [6.07, 6.45) is -1.87. The lowest BCUT2D eigenvalue weighted by Gasteiger charge is -2.33. The molecule has 0 radical (unpaired) electrons. The van der Waals surface area contributed by atoms with E-state index in [1.807, 2.05) is 0 Å². The maximum absolute atomic E-state index is 13.3. The molecule has 0 amide bonds. The van der Waals surface area contributed by atoms with Crippen molar-refractivity contribution in [2.45, 2.75) is 25.0 Å². The minimum absolute atomic E-state index is 0.0883. The van der Waals surface area contributed by atoms with E-state index in [0.29, 0.717) is 0 Å². The molecule has 0 aliphatic rings. The molecule has 3 atom stereocenters. The van der Waals surface area contributed by atoms with Gasteiger partial charge in [0.25, 0.3) is 0 Å². The highest BCUT2D eigenvalue weighted by molar-refractivity contribution is 5.28. The first-order valence-electron chi connectivity index (χ1n) is 6.41. The minimum atomic E-state index is -2.14. The lowest BCUT2D eigenvalue weighted by molar-refractivity contribution is -0.193. The van der Waals surface area contributed by atoms with Crippen molar-refractivity contribution < 1.29 is 24.2 Å². The molecule has 0 aromatic carbocycles. The summed E-state index contributed by atoms with van der Waals surface area (Å²) in [5.74, 6) is 0.0883. The average Bonchev–Trinajstić information content (AvgIpc) is 2.52. The van der Waals surface area contributed by atoms with Gasteiger partial charge in [-0.25, -0.2) is 14.7 Å². The third-order valence-corrected chi connectivity index (χ3v) is 2.91. The molecule has 1 heterocycles. The van der Waals surface area contributed by atoms with Gasteiger partial charge in [-0.05, 0) is 18.5 Å². The summed E-state index contributed by atoms with van der Waals surface area (Å²) in [5.41, 5.74) is 7.85. The number of nitrogens with one attached hydrogen (secondary N) is 1. The Bertz CT molecular complexity index is 619. The van der Waals surface area contributed by atoms with Crippen LogP contribution < -0.4 is 11.2 Å². The van der Waals surface area contributed by atoms with E-state index in [0.717, 1.165) is 4.57 Å². The first kappa shape index (κ1) is 18.8. The number of hydrogen-bond donors (Lipinski definition) is 3. The van der Waals surface area contributed by atoms with Crippen molar-refractivity contribution in [3.8, 4) is 0 Å². The van der Waals surface area contributed by atoms with E-state index >= 15 is 0 Å². The van der Waals surface area contributed by atoms with Crippen LogP contribution in [0.5, 0.6) is 0 Å². The predicted octanol–water partition coefficient (Wildman–Crippen LogP) is 0.0810. The van der Waals surface area contributed by atoms with Crippen molar-refractivity contribution in [1.82, 2.24) is 9.55 Å². The van der Waals surface area contributed by atoms with E-state index in [1.165, 1.54) is 26.3 Å². The molecule has 0 saturated heterocycles. The molecule has 0 aliphatic heterocycles. The Balaban J connectivity index is 3.17. The van der Waals surface area contributed by atoms with E-state index in [2.05, 4.69) is 25.3 Å². The number of aliphatic hydroxyl groups excluding tert-OH is 2. The molecular weight excluding hydrogens is 315 g/mol. The highest BCUT2D eigenvalue weighted by Gasteiger charge is 2.38. The molecular formula is C11H17FN6O5. The van der Waals surface area contributed by atoms with Crippen LogP contribution in [0.1, 0.15) is 13.2 Å². The number of aromatic nitrogens is 2. The first-order chi connectivity index (χ1) is 10.9. The van der Waals surface area contributed by atoms with Gasteiger partial charge < -0.3 is 14.9 Å². The van der Waals surface area contributed by atoms with Crippen LogP contribution in [0, 0.1) is 0 Å². The van der Waals surface area contributed by atoms with Crippen molar-refractivity contribution in [2.24, 2.45) is 5.11 Å². The minimum Gasteiger partial charge on any atom is -0.393 e. The quantitative estimate of drug-likeness (QED) is 0.250. The molecule has 1 rings (SSSR count). The van der Waals surface area contributed by atoms with E-state index in [1.54, 1.807) is 0 Å². The Morgan fingerprint density at radius 3 is 2.83 bits per heavy atom. The van der Waals surface area contributed by atoms with Gasteiger partial charge in [-0.3, -0.25) is 9.40 Å². The van der Waals surface area contributed by atoms with Gasteiger partial charge in [0.2, 0.25) is 0 Å². The molecule has 23 heavy (non-hydrogen) atoms. The van der Waals surface area contributed by atoms with E-state index in [9.17, 15) is 19.4 Å². The number of alkyl halides is 1. The Hall–Kier alpha value is -2.24. The fourth-order valence-electron chi connectivity index (χ4n) is 1.67. The Kier molecular flexibility index (Phi) is 6.88. The summed E-state index contributed by atoms with van der Waals surface area (Å²) in [6, 6.07) is 1.31. The van der Waals surface area contributed by atoms with Crippen molar-refractivity contribution in [1.29, 1.82) is 0 Å². The fraction of sp³-hybridized carbons (Fsp3) is 0.636. The summed E-state index contributed by atoms with van der Waals surface area (Å²) in [6.45, 7) is -0.933. The third-order valence-electron chi connectivity index (χ3n) is 2.91. The molecule has 11 nitrogen and oxygen atoms in total. The number of nitrogens with zero attached hydrogens (tertiary/aromatic N) is 5. The van der Waals surface area contributed by atoms with Gasteiger partial charge in [0.15, 0.2) is 17.8 Å². The number of halogens is 1. The standard InChI is InChI=1S/C11H17FN6O5/c1-7(20)11(6-19,16-17-13)23-9(5-12)18-4-3-8(15-22-2)14-10(18)21/h3-4,7,9,19-20H,5-6H2,1-2H3,(H,14,15,21)/t7-,9-,11-/m1/s1. The molecule has 0 aliphatic carbocycles. The maximum Gasteiger partial charge on any atom is 0.351 e. The normalized spacial score (nSPS) is 16.0. The number of anilines is 1. The largest absolute Gasteiger partial charge is 0.393 e.